The minimum absolute atomic E-state index is 0.0374. The van der Waals surface area contributed by atoms with E-state index in [9.17, 15) is 4.79 Å². The Hall–Kier alpha value is -2.82. The molecular formula is C20H20N2O3. The van der Waals surface area contributed by atoms with Gasteiger partial charge in [-0.05, 0) is 36.8 Å². The highest BCUT2D eigenvalue weighted by atomic mass is 16.5. The molecule has 0 saturated carbocycles. The molecule has 0 spiro atoms. The molecule has 0 radical (unpaired) electrons. The molecule has 1 aliphatic heterocycles. The first-order valence-corrected chi connectivity index (χ1v) is 8.65. The van der Waals surface area contributed by atoms with Crippen LogP contribution in [-0.4, -0.2) is 22.8 Å². The van der Waals surface area contributed by atoms with Gasteiger partial charge in [0.15, 0.2) is 0 Å². The normalized spacial score (nSPS) is 13.0. The van der Waals surface area contributed by atoms with Crippen molar-refractivity contribution >= 4 is 10.9 Å². The fourth-order valence-corrected chi connectivity index (χ4v) is 3.11. The van der Waals surface area contributed by atoms with E-state index >= 15 is 0 Å². The Morgan fingerprint density at radius 1 is 1.00 bits per heavy atom. The van der Waals surface area contributed by atoms with E-state index in [2.05, 4.69) is 4.98 Å². The lowest BCUT2D eigenvalue weighted by molar-refractivity contribution is 0.247. The Balaban J connectivity index is 1.38. The Bertz CT molecular complexity index is 935. The zero-order valence-corrected chi connectivity index (χ0v) is 14.0. The van der Waals surface area contributed by atoms with Gasteiger partial charge in [-0.1, -0.05) is 18.2 Å². The Labute approximate surface area is 145 Å². The van der Waals surface area contributed by atoms with Crippen molar-refractivity contribution in [3.8, 4) is 11.5 Å². The van der Waals surface area contributed by atoms with Crippen LogP contribution in [0.4, 0.5) is 0 Å². The number of ether oxygens (including phenoxy) is 2. The molecule has 0 amide bonds. The van der Waals surface area contributed by atoms with E-state index in [1.165, 1.54) is 0 Å². The summed E-state index contributed by atoms with van der Waals surface area (Å²) in [5.41, 5.74) is 0.785. The predicted molar refractivity (Wildman–Crippen MR) is 96.4 cm³/mol. The molecule has 25 heavy (non-hydrogen) atoms. The van der Waals surface area contributed by atoms with E-state index in [-0.39, 0.29) is 5.56 Å². The Morgan fingerprint density at radius 2 is 1.80 bits per heavy atom. The first-order valence-electron chi connectivity index (χ1n) is 8.65. The van der Waals surface area contributed by atoms with Crippen molar-refractivity contribution in [1.29, 1.82) is 0 Å². The SMILES string of the molecule is O=c1c2cc(OCCCOc3ccccc3)ccc2nc2n1CCC2. The van der Waals surface area contributed by atoms with E-state index in [0.717, 1.165) is 42.9 Å². The highest BCUT2D eigenvalue weighted by Gasteiger charge is 2.16. The van der Waals surface area contributed by atoms with Gasteiger partial charge in [0.25, 0.3) is 5.56 Å². The summed E-state index contributed by atoms with van der Waals surface area (Å²) < 4.78 is 13.2. The van der Waals surface area contributed by atoms with E-state index in [0.29, 0.717) is 24.3 Å². The van der Waals surface area contributed by atoms with Gasteiger partial charge in [0.2, 0.25) is 0 Å². The van der Waals surface area contributed by atoms with Crippen LogP contribution in [-0.2, 0) is 13.0 Å². The second kappa shape index (κ2) is 6.97. The lowest BCUT2D eigenvalue weighted by Gasteiger charge is -2.09. The molecule has 2 heterocycles. The number of hydrogen-bond donors (Lipinski definition) is 0. The van der Waals surface area contributed by atoms with E-state index in [1.807, 2.05) is 42.5 Å². The smallest absolute Gasteiger partial charge is 0.261 e. The van der Waals surface area contributed by atoms with Crippen molar-refractivity contribution in [2.75, 3.05) is 13.2 Å². The number of rotatable bonds is 6. The highest BCUT2D eigenvalue weighted by molar-refractivity contribution is 5.79. The molecule has 5 nitrogen and oxygen atoms in total. The number of hydrogen-bond acceptors (Lipinski definition) is 4. The van der Waals surface area contributed by atoms with Crippen molar-refractivity contribution in [2.24, 2.45) is 0 Å². The molecule has 0 saturated heterocycles. The van der Waals surface area contributed by atoms with Crippen LogP contribution in [0.25, 0.3) is 10.9 Å². The molecule has 0 fully saturated rings. The zero-order chi connectivity index (χ0) is 17.1. The molecule has 1 aliphatic rings. The van der Waals surface area contributed by atoms with Gasteiger partial charge in [-0.3, -0.25) is 9.36 Å². The third-order valence-corrected chi connectivity index (χ3v) is 4.36. The maximum atomic E-state index is 12.6. The lowest BCUT2D eigenvalue weighted by Crippen LogP contribution is -2.20. The first-order chi connectivity index (χ1) is 12.3. The summed E-state index contributed by atoms with van der Waals surface area (Å²) >= 11 is 0. The summed E-state index contributed by atoms with van der Waals surface area (Å²) in [4.78, 5) is 17.1. The van der Waals surface area contributed by atoms with Crippen LogP contribution in [0.15, 0.2) is 53.3 Å². The third-order valence-electron chi connectivity index (χ3n) is 4.36. The molecule has 5 heteroatoms. The Kier molecular flexibility index (Phi) is 4.37. The van der Waals surface area contributed by atoms with Crippen LogP contribution in [0.2, 0.25) is 0 Å². The van der Waals surface area contributed by atoms with Gasteiger partial charge in [0.1, 0.15) is 17.3 Å². The van der Waals surface area contributed by atoms with Gasteiger partial charge in [0, 0.05) is 19.4 Å². The van der Waals surface area contributed by atoms with Crippen LogP contribution >= 0.6 is 0 Å². The van der Waals surface area contributed by atoms with Gasteiger partial charge in [-0.25, -0.2) is 4.98 Å². The van der Waals surface area contributed by atoms with Crippen molar-refractivity contribution in [3.63, 3.8) is 0 Å². The molecule has 1 aromatic heterocycles. The molecule has 0 N–H and O–H groups in total. The first kappa shape index (κ1) is 15.7. The van der Waals surface area contributed by atoms with Crippen LogP contribution in [0.5, 0.6) is 11.5 Å². The second-order valence-corrected chi connectivity index (χ2v) is 6.13. The molecule has 2 aromatic carbocycles. The monoisotopic (exact) mass is 336 g/mol. The third kappa shape index (κ3) is 3.36. The average Bonchev–Trinajstić information content (AvgIpc) is 3.12. The predicted octanol–water partition coefficient (Wildman–Crippen LogP) is 3.19. The second-order valence-electron chi connectivity index (χ2n) is 6.13. The molecule has 0 bridgehead atoms. The number of benzene rings is 2. The number of fused-ring (bicyclic) bond motifs is 2. The van der Waals surface area contributed by atoms with Gasteiger partial charge in [-0.2, -0.15) is 0 Å². The maximum absolute atomic E-state index is 12.6. The lowest BCUT2D eigenvalue weighted by atomic mass is 10.2. The average molecular weight is 336 g/mol. The Morgan fingerprint density at radius 3 is 2.64 bits per heavy atom. The maximum Gasteiger partial charge on any atom is 0.261 e. The number of para-hydroxylation sites is 1. The van der Waals surface area contributed by atoms with Gasteiger partial charge in [0.05, 0.1) is 24.1 Å². The van der Waals surface area contributed by atoms with E-state index in [4.69, 9.17) is 9.47 Å². The largest absolute Gasteiger partial charge is 0.493 e. The fraction of sp³-hybridized carbons (Fsp3) is 0.300. The van der Waals surface area contributed by atoms with E-state index in [1.54, 1.807) is 10.6 Å². The summed E-state index contributed by atoms with van der Waals surface area (Å²) in [5, 5.41) is 0.628. The van der Waals surface area contributed by atoms with Gasteiger partial charge >= 0.3 is 0 Å². The quantitative estimate of drug-likeness (QED) is 0.649. The van der Waals surface area contributed by atoms with Crippen molar-refractivity contribution in [3.05, 3.63) is 64.7 Å². The summed E-state index contributed by atoms with van der Waals surface area (Å²) in [6, 6.07) is 15.3. The van der Waals surface area contributed by atoms with Crippen LogP contribution in [0.1, 0.15) is 18.7 Å². The van der Waals surface area contributed by atoms with Crippen LogP contribution in [0.3, 0.4) is 0 Å². The van der Waals surface area contributed by atoms with Crippen LogP contribution in [0, 0.1) is 0 Å². The topological polar surface area (TPSA) is 53.4 Å². The summed E-state index contributed by atoms with van der Waals surface area (Å²) in [5.74, 6) is 2.45. The minimum atomic E-state index is 0.0374. The minimum Gasteiger partial charge on any atom is -0.493 e. The van der Waals surface area contributed by atoms with Crippen molar-refractivity contribution in [2.45, 2.75) is 25.8 Å². The molecular weight excluding hydrogens is 316 g/mol. The van der Waals surface area contributed by atoms with Crippen molar-refractivity contribution < 1.29 is 9.47 Å². The molecule has 0 unspecified atom stereocenters. The summed E-state index contributed by atoms with van der Waals surface area (Å²) in [6.45, 7) is 1.90. The fourth-order valence-electron chi connectivity index (χ4n) is 3.11. The van der Waals surface area contributed by atoms with Crippen molar-refractivity contribution in [1.82, 2.24) is 9.55 Å². The van der Waals surface area contributed by atoms with E-state index < -0.39 is 0 Å². The van der Waals surface area contributed by atoms with Gasteiger partial charge in [-0.15, -0.1) is 0 Å². The standard InChI is InChI=1S/C20H20N2O3/c23-20-17-14-16(9-10-18(17)21-19-8-4-11-22(19)20)25-13-5-12-24-15-6-2-1-3-7-15/h1-3,6-7,9-10,14H,4-5,8,11-13H2. The highest BCUT2D eigenvalue weighted by Crippen LogP contribution is 2.20. The zero-order valence-electron chi connectivity index (χ0n) is 14.0. The number of aryl methyl sites for hydroxylation is 1. The summed E-state index contributed by atoms with van der Waals surface area (Å²) in [7, 11) is 0. The molecule has 0 atom stereocenters. The molecule has 0 aliphatic carbocycles. The molecule has 128 valence electrons. The van der Waals surface area contributed by atoms with Gasteiger partial charge < -0.3 is 9.47 Å². The number of nitrogens with zero attached hydrogens (tertiary/aromatic N) is 2. The summed E-state index contributed by atoms with van der Waals surface area (Å²) in [6.07, 6.45) is 2.64. The van der Waals surface area contributed by atoms with Crippen LogP contribution < -0.4 is 15.0 Å². The molecule has 3 aromatic rings. The number of aromatic nitrogens is 2. The molecule has 4 rings (SSSR count).